The van der Waals surface area contributed by atoms with E-state index in [9.17, 15) is 4.79 Å². The molecule has 0 aliphatic carbocycles. The van der Waals surface area contributed by atoms with Gasteiger partial charge in [-0.25, -0.2) is 4.98 Å². The third kappa shape index (κ3) is 4.01. The lowest BCUT2D eigenvalue weighted by molar-refractivity contribution is 0.0938. The van der Waals surface area contributed by atoms with Crippen molar-refractivity contribution < 1.29 is 4.79 Å². The van der Waals surface area contributed by atoms with Gasteiger partial charge in [0.25, 0.3) is 5.91 Å². The predicted octanol–water partition coefficient (Wildman–Crippen LogP) is 2.79. The van der Waals surface area contributed by atoms with Crippen LogP contribution >= 0.6 is 23.4 Å². The zero-order valence-electron chi connectivity index (χ0n) is 10.9. The number of carbonyl (C=O) groups excluding carboxylic acids is 1. The minimum Gasteiger partial charge on any atom is -0.369 e. The summed E-state index contributed by atoms with van der Waals surface area (Å²) >= 11 is 7.97. The average Bonchev–Trinajstić information content (AvgIpc) is 2.42. The van der Waals surface area contributed by atoms with E-state index in [-0.39, 0.29) is 11.9 Å². The predicted molar refractivity (Wildman–Crippen MR) is 81.2 cm³/mol. The molecule has 2 rings (SSSR count). The van der Waals surface area contributed by atoms with Crippen LogP contribution in [0.1, 0.15) is 30.1 Å². The molecule has 4 nitrogen and oxygen atoms in total. The van der Waals surface area contributed by atoms with E-state index in [1.807, 2.05) is 18.7 Å². The highest BCUT2D eigenvalue weighted by molar-refractivity contribution is 7.99. The van der Waals surface area contributed by atoms with Gasteiger partial charge in [-0.15, -0.1) is 0 Å². The van der Waals surface area contributed by atoms with Crippen LogP contribution in [-0.2, 0) is 0 Å². The molecule has 1 aromatic rings. The summed E-state index contributed by atoms with van der Waals surface area (Å²) in [6, 6.07) is 1.93. The van der Waals surface area contributed by atoms with E-state index in [1.54, 1.807) is 12.3 Å². The number of aromatic nitrogens is 1. The summed E-state index contributed by atoms with van der Waals surface area (Å²) in [6.07, 6.45) is 3.78. The fourth-order valence-electron chi connectivity index (χ4n) is 1.98. The van der Waals surface area contributed by atoms with Crippen LogP contribution < -0.4 is 10.6 Å². The third-order valence-corrected chi connectivity index (χ3v) is 4.45. The van der Waals surface area contributed by atoms with Gasteiger partial charge in [-0.3, -0.25) is 4.79 Å². The zero-order valence-corrected chi connectivity index (χ0v) is 12.5. The maximum absolute atomic E-state index is 12.1. The van der Waals surface area contributed by atoms with E-state index >= 15 is 0 Å². The highest BCUT2D eigenvalue weighted by atomic mass is 35.5. The molecule has 1 aromatic heterocycles. The molecule has 104 valence electrons. The van der Waals surface area contributed by atoms with E-state index in [1.165, 1.54) is 5.75 Å². The molecule has 19 heavy (non-hydrogen) atoms. The number of nitrogens with zero attached hydrogens (tertiary/aromatic N) is 1. The van der Waals surface area contributed by atoms with Crippen molar-refractivity contribution in [2.45, 2.75) is 25.8 Å². The third-order valence-electron chi connectivity index (χ3n) is 2.94. The molecule has 2 heterocycles. The van der Waals surface area contributed by atoms with Crippen LogP contribution in [0.5, 0.6) is 0 Å². The highest BCUT2D eigenvalue weighted by Gasteiger charge is 2.17. The Balaban J connectivity index is 2.00. The van der Waals surface area contributed by atoms with Gasteiger partial charge in [-0.2, -0.15) is 11.8 Å². The molecule has 6 heteroatoms. The number of amides is 1. The van der Waals surface area contributed by atoms with Crippen molar-refractivity contribution in [1.29, 1.82) is 0 Å². The molecular weight excluding hydrogens is 282 g/mol. The summed E-state index contributed by atoms with van der Waals surface area (Å²) in [7, 11) is 0. The van der Waals surface area contributed by atoms with Gasteiger partial charge >= 0.3 is 0 Å². The first-order chi connectivity index (χ1) is 9.20. The molecule has 0 saturated carbocycles. The molecule has 2 N–H and O–H groups in total. The van der Waals surface area contributed by atoms with Gasteiger partial charge in [0.15, 0.2) is 0 Å². The van der Waals surface area contributed by atoms with Gasteiger partial charge in [-0.05, 0) is 31.6 Å². The second kappa shape index (κ2) is 7.01. The maximum Gasteiger partial charge on any atom is 0.253 e. The Bertz CT molecular complexity index is 450. The van der Waals surface area contributed by atoms with Crippen LogP contribution in [-0.4, -0.2) is 35.0 Å². The normalized spacial score (nSPS) is 18.9. The van der Waals surface area contributed by atoms with Crippen LogP contribution in [0.25, 0.3) is 0 Å². The molecule has 1 aliphatic heterocycles. The number of nitrogens with one attached hydrogen (secondary N) is 2. The Hall–Kier alpha value is -0.940. The van der Waals surface area contributed by atoms with Gasteiger partial charge in [0.2, 0.25) is 0 Å². The number of hydrogen-bond acceptors (Lipinski definition) is 4. The standard InChI is InChI=1S/C13H18ClN3OS/c1-2-15-12-11(14)6-9(7-16-12)13(18)17-10-4-3-5-19-8-10/h6-7,10H,2-5,8H2,1H3,(H,15,16)(H,17,18). The van der Waals surface area contributed by atoms with Crippen molar-refractivity contribution in [2.75, 3.05) is 23.4 Å². The Labute approximate surface area is 122 Å². The van der Waals surface area contributed by atoms with Crippen molar-refractivity contribution >= 4 is 35.1 Å². The summed E-state index contributed by atoms with van der Waals surface area (Å²) < 4.78 is 0. The first-order valence-electron chi connectivity index (χ1n) is 6.48. The number of anilines is 1. The maximum atomic E-state index is 12.1. The molecule has 0 bridgehead atoms. The fraction of sp³-hybridized carbons (Fsp3) is 0.538. The Morgan fingerprint density at radius 3 is 3.11 bits per heavy atom. The van der Waals surface area contributed by atoms with Crippen molar-refractivity contribution in [1.82, 2.24) is 10.3 Å². The van der Waals surface area contributed by atoms with Crippen LogP contribution in [0, 0.1) is 0 Å². The van der Waals surface area contributed by atoms with E-state index in [4.69, 9.17) is 11.6 Å². The number of hydrogen-bond donors (Lipinski definition) is 2. The summed E-state index contributed by atoms with van der Waals surface area (Å²) in [5.41, 5.74) is 0.516. The molecule has 0 radical (unpaired) electrons. The van der Waals surface area contributed by atoms with Crippen molar-refractivity contribution in [3.63, 3.8) is 0 Å². The van der Waals surface area contributed by atoms with E-state index in [0.717, 1.165) is 25.1 Å². The summed E-state index contributed by atoms with van der Waals surface area (Å²) in [4.78, 5) is 16.3. The SMILES string of the molecule is CCNc1ncc(C(=O)NC2CCCSC2)cc1Cl. The fourth-order valence-corrected chi connectivity index (χ4v) is 3.29. The van der Waals surface area contributed by atoms with Gasteiger partial charge in [-0.1, -0.05) is 11.6 Å². The minimum absolute atomic E-state index is 0.0926. The summed E-state index contributed by atoms with van der Waals surface area (Å²) in [5.74, 6) is 2.71. The number of pyridine rings is 1. The monoisotopic (exact) mass is 299 g/mol. The van der Waals surface area contributed by atoms with Gasteiger partial charge < -0.3 is 10.6 Å². The van der Waals surface area contributed by atoms with Gasteiger partial charge in [0.05, 0.1) is 10.6 Å². The number of thioether (sulfide) groups is 1. The van der Waals surface area contributed by atoms with Crippen LogP contribution in [0.15, 0.2) is 12.3 Å². The second-order valence-electron chi connectivity index (χ2n) is 4.47. The Kier molecular flexibility index (Phi) is 5.34. The van der Waals surface area contributed by atoms with Gasteiger partial charge in [0, 0.05) is 24.5 Å². The minimum atomic E-state index is -0.0926. The molecule has 1 fully saturated rings. The van der Waals surface area contributed by atoms with Crippen LogP contribution in [0.3, 0.4) is 0 Å². The van der Waals surface area contributed by atoms with Crippen molar-refractivity contribution in [3.8, 4) is 0 Å². The molecule has 1 aliphatic rings. The molecule has 1 atom stereocenters. The quantitative estimate of drug-likeness (QED) is 0.897. The summed E-state index contributed by atoms with van der Waals surface area (Å²) in [5, 5.41) is 6.56. The molecule has 0 spiro atoms. The lowest BCUT2D eigenvalue weighted by Gasteiger charge is -2.22. The molecule has 0 aromatic carbocycles. The van der Waals surface area contributed by atoms with E-state index < -0.39 is 0 Å². The number of halogens is 1. The zero-order chi connectivity index (χ0) is 13.7. The second-order valence-corrected chi connectivity index (χ2v) is 6.03. The molecule has 1 saturated heterocycles. The van der Waals surface area contributed by atoms with E-state index in [2.05, 4.69) is 15.6 Å². The van der Waals surface area contributed by atoms with Crippen LogP contribution in [0.4, 0.5) is 5.82 Å². The van der Waals surface area contributed by atoms with Crippen molar-refractivity contribution in [2.24, 2.45) is 0 Å². The lowest BCUT2D eigenvalue weighted by atomic mass is 10.1. The molecule has 1 unspecified atom stereocenters. The number of carbonyl (C=O) groups is 1. The van der Waals surface area contributed by atoms with E-state index in [0.29, 0.717) is 16.4 Å². The Morgan fingerprint density at radius 2 is 2.47 bits per heavy atom. The van der Waals surface area contributed by atoms with Crippen molar-refractivity contribution in [3.05, 3.63) is 22.8 Å². The average molecular weight is 300 g/mol. The highest BCUT2D eigenvalue weighted by Crippen LogP contribution is 2.21. The number of rotatable bonds is 4. The molecular formula is C13H18ClN3OS. The Morgan fingerprint density at radius 1 is 1.63 bits per heavy atom. The largest absolute Gasteiger partial charge is 0.369 e. The topological polar surface area (TPSA) is 54.0 Å². The summed E-state index contributed by atoms with van der Waals surface area (Å²) in [6.45, 7) is 2.72. The first-order valence-corrected chi connectivity index (χ1v) is 8.02. The molecule has 1 amide bonds. The van der Waals surface area contributed by atoms with Crippen LogP contribution in [0.2, 0.25) is 5.02 Å². The first kappa shape index (κ1) is 14.5. The smallest absolute Gasteiger partial charge is 0.253 e. The lowest BCUT2D eigenvalue weighted by Crippen LogP contribution is -2.38. The van der Waals surface area contributed by atoms with Gasteiger partial charge in [0.1, 0.15) is 5.82 Å².